The predicted molar refractivity (Wildman–Crippen MR) is 111 cm³/mol. The van der Waals surface area contributed by atoms with Crippen LogP contribution in [0.25, 0.3) is 0 Å². The molecule has 1 amide bonds. The lowest BCUT2D eigenvalue weighted by Crippen LogP contribution is -2.61. The lowest BCUT2D eigenvalue weighted by molar-refractivity contribution is -0.160. The first-order valence-corrected chi connectivity index (χ1v) is 11.1. The number of nitrogens with one attached hydrogen (secondary N) is 1. The van der Waals surface area contributed by atoms with Crippen molar-refractivity contribution in [3.63, 3.8) is 0 Å². The highest BCUT2D eigenvalue weighted by Crippen LogP contribution is 2.29. The number of piperidine rings is 1. The summed E-state index contributed by atoms with van der Waals surface area (Å²) in [5.41, 5.74) is -0.648. The summed E-state index contributed by atoms with van der Waals surface area (Å²) in [5.74, 6) is 0.525. The van der Waals surface area contributed by atoms with Crippen molar-refractivity contribution in [2.75, 3.05) is 50.7 Å². The van der Waals surface area contributed by atoms with Crippen LogP contribution in [0.5, 0.6) is 0 Å². The SMILES string of the molecule is O=C1N(CC2CCCCC2)CCC[C@]1(O)CN1CCN(c2cn[nH]c(=O)c2)CC1. The summed E-state index contributed by atoms with van der Waals surface area (Å²) >= 11 is 0. The molecule has 3 aliphatic rings. The molecule has 1 aliphatic carbocycles. The van der Waals surface area contributed by atoms with Gasteiger partial charge in [-0.3, -0.25) is 14.5 Å². The lowest BCUT2D eigenvalue weighted by atomic mass is 9.86. The molecule has 0 bridgehead atoms. The van der Waals surface area contributed by atoms with Crippen LogP contribution in [-0.2, 0) is 4.79 Å². The van der Waals surface area contributed by atoms with E-state index in [1.165, 1.54) is 32.1 Å². The molecule has 29 heavy (non-hydrogen) atoms. The number of carbonyl (C=O) groups excluding carboxylic acids is 1. The van der Waals surface area contributed by atoms with Gasteiger partial charge in [-0.25, -0.2) is 5.10 Å². The summed E-state index contributed by atoms with van der Waals surface area (Å²) in [4.78, 5) is 30.8. The van der Waals surface area contributed by atoms with Gasteiger partial charge in [0.15, 0.2) is 5.60 Å². The van der Waals surface area contributed by atoms with Crippen LogP contribution in [-0.4, -0.2) is 82.4 Å². The zero-order valence-electron chi connectivity index (χ0n) is 17.2. The van der Waals surface area contributed by atoms with Gasteiger partial charge in [-0.15, -0.1) is 0 Å². The molecular formula is C21H33N5O3. The van der Waals surface area contributed by atoms with Crippen LogP contribution in [0.2, 0.25) is 0 Å². The molecule has 8 heteroatoms. The Labute approximate surface area is 171 Å². The van der Waals surface area contributed by atoms with Crippen molar-refractivity contribution in [3.8, 4) is 0 Å². The van der Waals surface area contributed by atoms with Crippen LogP contribution < -0.4 is 10.5 Å². The van der Waals surface area contributed by atoms with Crippen LogP contribution in [0.1, 0.15) is 44.9 Å². The first-order valence-electron chi connectivity index (χ1n) is 11.1. The maximum absolute atomic E-state index is 13.1. The number of anilines is 1. The molecule has 0 spiro atoms. The number of H-pyrrole nitrogens is 1. The third kappa shape index (κ3) is 4.80. The predicted octanol–water partition coefficient (Wildman–Crippen LogP) is 0.826. The van der Waals surface area contributed by atoms with Gasteiger partial charge >= 0.3 is 0 Å². The van der Waals surface area contributed by atoms with Crippen molar-refractivity contribution in [2.45, 2.75) is 50.5 Å². The molecular weight excluding hydrogens is 370 g/mol. The fourth-order valence-electron chi connectivity index (χ4n) is 5.14. The smallest absolute Gasteiger partial charge is 0.266 e. The maximum atomic E-state index is 13.1. The van der Waals surface area contributed by atoms with E-state index in [1.54, 1.807) is 12.3 Å². The third-order valence-electron chi connectivity index (χ3n) is 6.78. The maximum Gasteiger partial charge on any atom is 0.266 e. The molecule has 1 atom stereocenters. The zero-order valence-corrected chi connectivity index (χ0v) is 17.2. The minimum atomic E-state index is -1.26. The van der Waals surface area contributed by atoms with Gasteiger partial charge in [0, 0.05) is 51.9 Å². The van der Waals surface area contributed by atoms with Crippen LogP contribution in [0.4, 0.5) is 5.69 Å². The Kier molecular flexibility index (Phi) is 6.20. The van der Waals surface area contributed by atoms with Gasteiger partial charge in [0.05, 0.1) is 11.9 Å². The Morgan fingerprint density at radius 1 is 1.07 bits per heavy atom. The van der Waals surface area contributed by atoms with Gasteiger partial charge in [-0.05, 0) is 31.6 Å². The molecule has 3 fully saturated rings. The Bertz CT molecular complexity index is 755. The number of hydrogen-bond acceptors (Lipinski definition) is 6. The average molecular weight is 404 g/mol. The van der Waals surface area contributed by atoms with Crippen molar-refractivity contribution in [1.82, 2.24) is 20.0 Å². The van der Waals surface area contributed by atoms with Gasteiger partial charge in [-0.2, -0.15) is 5.10 Å². The van der Waals surface area contributed by atoms with E-state index in [9.17, 15) is 14.7 Å². The molecule has 1 aromatic rings. The van der Waals surface area contributed by atoms with Crippen molar-refractivity contribution in [3.05, 3.63) is 22.6 Å². The van der Waals surface area contributed by atoms with E-state index in [0.717, 1.165) is 51.4 Å². The van der Waals surface area contributed by atoms with Crippen molar-refractivity contribution in [1.29, 1.82) is 0 Å². The molecule has 2 aliphatic heterocycles. The second kappa shape index (κ2) is 8.83. The zero-order chi connectivity index (χ0) is 20.3. The van der Waals surface area contributed by atoms with Gasteiger partial charge in [-0.1, -0.05) is 19.3 Å². The van der Waals surface area contributed by atoms with Crippen molar-refractivity contribution >= 4 is 11.6 Å². The summed E-state index contributed by atoms with van der Waals surface area (Å²) in [6.45, 7) is 5.00. The van der Waals surface area contributed by atoms with Crippen LogP contribution >= 0.6 is 0 Å². The molecule has 1 saturated carbocycles. The fraction of sp³-hybridized carbons (Fsp3) is 0.762. The van der Waals surface area contributed by atoms with Crippen molar-refractivity contribution in [2.24, 2.45) is 5.92 Å². The van der Waals surface area contributed by atoms with Crippen LogP contribution in [0.15, 0.2) is 17.1 Å². The average Bonchev–Trinajstić information content (AvgIpc) is 2.73. The number of aromatic nitrogens is 2. The lowest BCUT2D eigenvalue weighted by Gasteiger charge is -2.44. The molecule has 2 N–H and O–H groups in total. The van der Waals surface area contributed by atoms with Gasteiger partial charge in [0.25, 0.3) is 11.5 Å². The van der Waals surface area contributed by atoms with E-state index in [1.807, 2.05) is 4.90 Å². The highest BCUT2D eigenvalue weighted by atomic mass is 16.3. The monoisotopic (exact) mass is 403 g/mol. The normalized spacial score (nSPS) is 27.4. The number of aromatic amines is 1. The highest BCUT2D eigenvalue weighted by molar-refractivity contribution is 5.86. The first-order chi connectivity index (χ1) is 14.0. The summed E-state index contributed by atoms with van der Waals surface area (Å²) in [6, 6.07) is 1.56. The van der Waals surface area contributed by atoms with Gasteiger partial charge < -0.3 is 14.9 Å². The molecule has 3 heterocycles. The summed E-state index contributed by atoms with van der Waals surface area (Å²) < 4.78 is 0. The summed E-state index contributed by atoms with van der Waals surface area (Å²) in [7, 11) is 0. The molecule has 0 radical (unpaired) electrons. The first kappa shape index (κ1) is 20.3. The number of likely N-dealkylation sites (tertiary alicyclic amines) is 1. The number of amides is 1. The number of β-amino-alcohol motifs (C(OH)–C–C–N with tert-alkyl or cyclic N) is 1. The van der Waals surface area contributed by atoms with E-state index < -0.39 is 5.60 Å². The highest BCUT2D eigenvalue weighted by Gasteiger charge is 2.44. The second-order valence-electron chi connectivity index (χ2n) is 8.96. The topological polar surface area (TPSA) is 92.8 Å². The molecule has 0 aromatic carbocycles. The second-order valence-corrected chi connectivity index (χ2v) is 8.96. The van der Waals surface area contributed by atoms with E-state index in [2.05, 4.69) is 20.0 Å². The number of hydrogen-bond donors (Lipinski definition) is 2. The van der Waals surface area contributed by atoms with Crippen LogP contribution in [0.3, 0.4) is 0 Å². The van der Waals surface area contributed by atoms with Crippen LogP contribution in [0, 0.1) is 5.92 Å². The minimum Gasteiger partial charge on any atom is -0.379 e. The molecule has 2 saturated heterocycles. The Morgan fingerprint density at radius 2 is 1.83 bits per heavy atom. The largest absolute Gasteiger partial charge is 0.379 e. The number of aliphatic hydroxyl groups is 1. The molecule has 160 valence electrons. The summed E-state index contributed by atoms with van der Waals surface area (Å²) in [6.07, 6.45) is 9.35. The Hall–Kier alpha value is -1.93. The van der Waals surface area contributed by atoms with E-state index >= 15 is 0 Å². The van der Waals surface area contributed by atoms with E-state index in [0.29, 0.717) is 18.9 Å². The third-order valence-corrected chi connectivity index (χ3v) is 6.78. The van der Waals surface area contributed by atoms with E-state index in [4.69, 9.17) is 0 Å². The minimum absolute atomic E-state index is 0.0736. The Morgan fingerprint density at radius 3 is 2.55 bits per heavy atom. The number of carbonyl (C=O) groups is 1. The number of rotatable bonds is 5. The molecule has 4 rings (SSSR count). The quantitative estimate of drug-likeness (QED) is 0.756. The van der Waals surface area contributed by atoms with Gasteiger partial charge in [0.1, 0.15) is 0 Å². The standard InChI is InChI=1S/C21H33N5O3/c27-19-13-18(14-22-23-19)25-11-9-24(10-12-25)16-21(29)7-4-8-26(20(21)28)15-17-5-2-1-3-6-17/h13-14,17,29H,1-12,15-16H2,(H,23,27)/t21-/m0/s1. The molecule has 8 nitrogen and oxygen atoms in total. The molecule has 0 unspecified atom stereocenters. The Balaban J connectivity index is 1.32. The number of piperazine rings is 1. The van der Waals surface area contributed by atoms with E-state index in [-0.39, 0.29) is 11.5 Å². The fourth-order valence-corrected chi connectivity index (χ4v) is 5.14. The van der Waals surface area contributed by atoms with Gasteiger partial charge in [0.2, 0.25) is 0 Å². The number of nitrogens with zero attached hydrogens (tertiary/aromatic N) is 4. The van der Waals surface area contributed by atoms with Crippen molar-refractivity contribution < 1.29 is 9.90 Å². The molecule has 1 aromatic heterocycles. The summed E-state index contributed by atoms with van der Waals surface area (Å²) in [5, 5.41) is 17.5.